The van der Waals surface area contributed by atoms with E-state index < -0.39 is 5.54 Å². The van der Waals surface area contributed by atoms with E-state index >= 15 is 0 Å². The molecule has 1 aliphatic carbocycles. The van der Waals surface area contributed by atoms with Gasteiger partial charge < -0.3 is 9.64 Å². The molecule has 0 saturated heterocycles. The van der Waals surface area contributed by atoms with Crippen LogP contribution in [0.5, 0.6) is 0 Å². The zero-order valence-corrected chi connectivity index (χ0v) is 27.6. The fourth-order valence-corrected chi connectivity index (χ4v) is 6.54. The molecule has 1 rings (SSSR count). The summed E-state index contributed by atoms with van der Waals surface area (Å²) >= 11 is 0. The molecule has 0 spiro atoms. The lowest BCUT2D eigenvalue weighted by molar-refractivity contribution is -0.125. The van der Waals surface area contributed by atoms with E-state index in [0.29, 0.717) is 13.2 Å². The molecule has 1 atom stereocenters. The summed E-state index contributed by atoms with van der Waals surface area (Å²) in [6.07, 6.45) is 20.7. The number of nitrogens with zero attached hydrogens (tertiary/aromatic N) is 2. The first kappa shape index (κ1) is 35.9. The van der Waals surface area contributed by atoms with E-state index in [1.165, 1.54) is 16.8 Å². The lowest BCUT2D eigenvalue weighted by Crippen LogP contribution is -2.51. The molecule has 4 nitrogen and oxygen atoms in total. The van der Waals surface area contributed by atoms with Crippen molar-refractivity contribution in [2.45, 2.75) is 100.0 Å². The van der Waals surface area contributed by atoms with Crippen LogP contribution in [0.2, 0.25) is 0 Å². The molecule has 226 valence electrons. The van der Waals surface area contributed by atoms with Crippen LogP contribution >= 0.6 is 0 Å². The lowest BCUT2D eigenvalue weighted by atomic mass is 9.62. The first-order valence-electron chi connectivity index (χ1n) is 15.6. The second kappa shape index (κ2) is 17.6. The van der Waals surface area contributed by atoms with E-state index in [-0.39, 0.29) is 17.1 Å². The topological polar surface area (TPSA) is 32.8 Å². The zero-order valence-electron chi connectivity index (χ0n) is 27.6. The lowest BCUT2D eigenvalue weighted by Gasteiger charge is -2.43. The van der Waals surface area contributed by atoms with E-state index in [0.717, 1.165) is 57.3 Å². The van der Waals surface area contributed by atoms with Gasteiger partial charge in [-0.25, -0.2) is 0 Å². The van der Waals surface area contributed by atoms with Gasteiger partial charge >= 0.3 is 0 Å². The molecule has 40 heavy (non-hydrogen) atoms. The molecule has 0 aromatic heterocycles. The summed E-state index contributed by atoms with van der Waals surface area (Å²) in [6.45, 7) is 27.8. The van der Waals surface area contributed by atoms with Crippen molar-refractivity contribution in [1.29, 1.82) is 0 Å². The minimum Gasteiger partial charge on any atom is -0.383 e. The highest BCUT2D eigenvalue weighted by Crippen LogP contribution is 2.49. The monoisotopic (exact) mass is 552 g/mol. The third-order valence-electron chi connectivity index (χ3n) is 8.84. The van der Waals surface area contributed by atoms with Crippen molar-refractivity contribution in [3.05, 3.63) is 71.5 Å². The maximum atomic E-state index is 14.1. The van der Waals surface area contributed by atoms with Crippen LogP contribution in [0.15, 0.2) is 71.5 Å². The number of allylic oxidation sites excluding steroid dienone is 9. The van der Waals surface area contributed by atoms with Gasteiger partial charge in [0.25, 0.3) is 0 Å². The van der Waals surface area contributed by atoms with Crippen molar-refractivity contribution >= 4 is 5.78 Å². The van der Waals surface area contributed by atoms with Gasteiger partial charge in [-0.2, -0.15) is 0 Å². The van der Waals surface area contributed by atoms with Crippen molar-refractivity contribution < 1.29 is 9.53 Å². The smallest absolute Gasteiger partial charge is 0.182 e. The molecule has 0 heterocycles. The molecule has 0 amide bonds. The van der Waals surface area contributed by atoms with Crippen molar-refractivity contribution in [3.63, 3.8) is 0 Å². The summed E-state index contributed by atoms with van der Waals surface area (Å²) in [4.78, 5) is 18.8. The number of methoxy groups -OCH3 is 1. The second-order valence-corrected chi connectivity index (χ2v) is 11.6. The molecular formula is C36H60N2O2. The number of ketones is 1. The standard InChI is InChI=1S/C36H60N2O2/c1-12-19-31(34(39)35(9,10)38(17-6)26-27-40-11)28-30(8)36(24-13-2,25-14-3)33-23-22-32(37(15-4)16-5)21-18-20-29(33)7/h12,19-23,28,33H,1,13-18,24-27H2,2-11H3/b23-22?,29-20-,30-28+,31-19+,32-21+. The molecule has 1 unspecified atom stereocenters. The molecule has 1 aliphatic rings. The minimum absolute atomic E-state index is 0.0720. The molecule has 0 radical (unpaired) electrons. The van der Waals surface area contributed by atoms with Crippen molar-refractivity contribution in [3.8, 4) is 0 Å². The second-order valence-electron chi connectivity index (χ2n) is 11.6. The van der Waals surface area contributed by atoms with Crippen molar-refractivity contribution in [2.24, 2.45) is 11.3 Å². The van der Waals surface area contributed by atoms with Gasteiger partial charge in [0.1, 0.15) is 0 Å². The normalized spacial score (nSPS) is 19.9. The van der Waals surface area contributed by atoms with Gasteiger partial charge in [-0.05, 0) is 73.4 Å². The molecule has 0 bridgehead atoms. The summed E-state index contributed by atoms with van der Waals surface area (Å²) in [5.74, 6) is 0.392. The van der Waals surface area contributed by atoms with E-state index in [2.05, 4.69) is 95.2 Å². The number of ether oxygens (including phenoxy) is 1. The first-order valence-corrected chi connectivity index (χ1v) is 15.6. The van der Waals surface area contributed by atoms with Crippen LogP contribution in [-0.4, -0.2) is 61.0 Å². The molecule has 0 saturated carbocycles. The van der Waals surface area contributed by atoms with Crippen LogP contribution in [0.4, 0.5) is 0 Å². The SMILES string of the molecule is C=C/C=C(\C=C(/C)C(CCC)(CCC)C1C=C/C(N(CC)CC)=C\C/C=C\1C)C(=O)C(C)(C)N(CC)CCOC. The Hall–Kier alpha value is -2.17. The van der Waals surface area contributed by atoms with Crippen LogP contribution in [-0.2, 0) is 9.53 Å². The van der Waals surface area contributed by atoms with E-state index in [4.69, 9.17) is 4.74 Å². The third-order valence-corrected chi connectivity index (χ3v) is 8.84. The van der Waals surface area contributed by atoms with Crippen LogP contribution in [0.25, 0.3) is 0 Å². The highest BCUT2D eigenvalue weighted by molar-refractivity contribution is 6.04. The number of rotatable bonds is 18. The quantitative estimate of drug-likeness (QED) is 0.0967. The van der Waals surface area contributed by atoms with Gasteiger partial charge in [0.05, 0.1) is 12.1 Å². The Morgan fingerprint density at radius 2 is 1.70 bits per heavy atom. The minimum atomic E-state index is -0.656. The van der Waals surface area contributed by atoms with Crippen LogP contribution in [0, 0.1) is 11.3 Å². The zero-order chi connectivity index (χ0) is 30.3. The molecule has 0 N–H and O–H groups in total. The van der Waals surface area contributed by atoms with Gasteiger partial charge in [-0.15, -0.1) is 0 Å². The van der Waals surface area contributed by atoms with E-state index in [9.17, 15) is 4.79 Å². The predicted molar refractivity (Wildman–Crippen MR) is 175 cm³/mol. The van der Waals surface area contributed by atoms with E-state index in [1.54, 1.807) is 13.2 Å². The summed E-state index contributed by atoms with van der Waals surface area (Å²) in [5, 5.41) is 0. The third kappa shape index (κ3) is 8.91. The Morgan fingerprint density at radius 1 is 1.07 bits per heavy atom. The molecule has 0 aliphatic heterocycles. The molecule has 0 aromatic rings. The van der Waals surface area contributed by atoms with Gasteiger partial charge in [0, 0.05) is 49.3 Å². The van der Waals surface area contributed by atoms with Gasteiger partial charge in [-0.1, -0.05) is 87.8 Å². The maximum Gasteiger partial charge on any atom is 0.182 e. The Bertz CT molecular complexity index is 953. The Labute approximate surface area is 247 Å². The Balaban J connectivity index is 3.73. The highest BCUT2D eigenvalue weighted by atomic mass is 16.5. The van der Waals surface area contributed by atoms with Crippen LogP contribution < -0.4 is 0 Å². The van der Waals surface area contributed by atoms with Crippen molar-refractivity contribution in [1.82, 2.24) is 9.80 Å². The van der Waals surface area contributed by atoms with Crippen molar-refractivity contribution in [2.75, 3.05) is 39.9 Å². The van der Waals surface area contributed by atoms with Crippen LogP contribution in [0.1, 0.15) is 94.4 Å². The maximum absolute atomic E-state index is 14.1. The highest BCUT2D eigenvalue weighted by Gasteiger charge is 2.40. The Kier molecular flexibility index (Phi) is 15.8. The number of carbonyl (C=O) groups excluding carboxylic acids is 1. The van der Waals surface area contributed by atoms with Gasteiger partial charge in [0.15, 0.2) is 5.78 Å². The number of Topliss-reactive ketones (excluding diaryl/α,β-unsaturated/α-hetero) is 1. The average molecular weight is 553 g/mol. The number of hydrogen-bond donors (Lipinski definition) is 0. The molecular weight excluding hydrogens is 492 g/mol. The summed E-state index contributed by atoms with van der Waals surface area (Å²) in [6, 6.07) is 0. The number of likely N-dealkylation sites (N-methyl/N-ethyl adjacent to an activating group) is 2. The van der Waals surface area contributed by atoms with E-state index in [1.807, 2.05) is 19.9 Å². The number of carbonyl (C=O) groups is 1. The van der Waals surface area contributed by atoms with Crippen LogP contribution in [0.3, 0.4) is 0 Å². The summed E-state index contributed by atoms with van der Waals surface area (Å²) < 4.78 is 5.34. The average Bonchev–Trinajstić information content (AvgIpc) is 2.91. The van der Waals surface area contributed by atoms with Gasteiger partial charge in [-0.3, -0.25) is 9.69 Å². The molecule has 4 heteroatoms. The largest absolute Gasteiger partial charge is 0.383 e. The molecule has 0 aromatic carbocycles. The Morgan fingerprint density at radius 3 is 2.20 bits per heavy atom. The molecule has 0 fully saturated rings. The summed E-state index contributed by atoms with van der Waals surface area (Å²) in [5.41, 5.74) is 4.00. The van der Waals surface area contributed by atoms with Gasteiger partial charge in [0.2, 0.25) is 0 Å². The fourth-order valence-electron chi connectivity index (χ4n) is 6.54. The predicted octanol–water partition coefficient (Wildman–Crippen LogP) is 8.70. The fraction of sp³-hybridized carbons (Fsp3) is 0.639. The first-order chi connectivity index (χ1) is 19.0. The number of hydrogen-bond acceptors (Lipinski definition) is 4. The summed E-state index contributed by atoms with van der Waals surface area (Å²) in [7, 11) is 1.71.